The molecule has 1 aromatic heterocycles. The molecule has 2 aromatic rings. The van der Waals surface area contributed by atoms with Gasteiger partial charge in [-0.2, -0.15) is 0 Å². The lowest BCUT2D eigenvalue weighted by molar-refractivity contribution is 0.0985. The van der Waals surface area contributed by atoms with Gasteiger partial charge in [0.1, 0.15) is 11.7 Å². The Morgan fingerprint density at radius 3 is 2.80 bits per heavy atom. The van der Waals surface area contributed by atoms with Gasteiger partial charge < -0.3 is 25.2 Å². The van der Waals surface area contributed by atoms with Crippen LogP contribution in [0, 0.1) is 5.41 Å². The van der Waals surface area contributed by atoms with Crippen molar-refractivity contribution in [2.75, 3.05) is 30.0 Å². The number of benzene rings is 1. The molecule has 0 spiro atoms. The van der Waals surface area contributed by atoms with Crippen molar-refractivity contribution < 1.29 is 19.7 Å². The summed E-state index contributed by atoms with van der Waals surface area (Å²) in [6.45, 7) is 3.80. The quantitative estimate of drug-likeness (QED) is 0.287. The minimum Gasteiger partial charge on any atom is -0.515 e. The van der Waals surface area contributed by atoms with Crippen LogP contribution in [0.3, 0.4) is 0 Å². The van der Waals surface area contributed by atoms with Crippen molar-refractivity contribution in [2.45, 2.75) is 19.6 Å². The highest BCUT2D eigenvalue weighted by Gasteiger charge is 2.21. The van der Waals surface area contributed by atoms with Crippen LogP contribution < -0.4 is 15.5 Å². The third kappa shape index (κ3) is 5.31. The van der Waals surface area contributed by atoms with E-state index in [1.165, 1.54) is 0 Å². The number of amides is 2. The number of morpholine rings is 1. The van der Waals surface area contributed by atoms with Crippen LogP contribution in [0.15, 0.2) is 42.7 Å². The molecular formula is C20H24N6O4. The number of rotatable bonds is 5. The van der Waals surface area contributed by atoms with Gasteiger partial charge in [0.15, 0.2) is 5.82 Å². The fourth-order valence-corrected chi connectivity index (χ4v) is 3.01. The number of carbonyl (C=O) groups excluding carboxylic acids is 1. The number of ether oxygens (including phenoxy) is 1. The Morgan fingerprint density at radius 1 is 1.37 bits per heavy atom. The minimum absolute atomic E-state index is 0.164. The van der Waals surface area contributed by atoms with Crippen molar-refractivity contribution in [3.05, 3.63) is 48.4 Å². The van der Waals surface area contributed by atoms with Crippen LogP contribution in [0.4, 0.5) is 16.3 Å². The summed E-state index contributed by atoms with van der Waals surface area (Å²) in [4.78, 5) is 23.0. The van der Waals surface area contributed by atoms with E-state index in [4.69, 9.17) is 15.3 Å². The van der Waals surface area contributed by atoms with Gasteiger partial charge in [0.05, 0.1) is 37.8 Å². The highest BCUT2D eigenvalue weighted by molar-refractivity contribution is 6.06. The number of aliphatic hydroxyl groups is 2. The van der Waals surface area contributed by atoms with Gasteiger partial charge in [0, 0.05) is 29.9 Å². The third-order valence-corrected chi connectivity index (χ3v) is 4.48. The molecule has 0 bridgehead atoms. The molecule has 0 radical (unpaired) electrons. The summed E-state index contributed by atoms with van der Waals surface area (Å²) in [5.41, 5.74) is 1.76. The predicted octanol–water partition coefficient (Wildman–Crippen LogP) is 2.03. The molecule has 10 heteroatoms. The summed E-state index contributed by atoms with van der Waals surface area (Å²) in [6.07, 6.45) is 1.71. The average Bonchev–Trinajstić information content (AvgIpc) is 2.74. The van der Waals surface area contributed by atoms with Gasteiger partial charge in [-0.25, -0.2) is 14.8 Å². The molecule has 5 N–H and O–H groups in total. The van der Waals surface area contributed by atoms with Crippen LogP contribution in [0.1, 0.15) is 12.6 Å². The van der Waals surface area contributed by atoms with E-state index < -0.39 is 6.03 Å². The summed E-state index contributed by atoms with van der Waals surface area (Å²) < 4.78 is 5.48. The minimum atomic E-state index is -0.604. The van der Waals surface area contributed by atoms with Crippen molar-refractivity contribution in [1.82, 2.24) is 15.3 Å². The largest absolute Gasteiger partial charge is 0.515 e. The maximum absolute atomic E-state index is 11.8. The molecule has 0 aliphatic carbocycles. The van der Waals surface area contributed by atoms with Gasteiger partial charge in [-0.1, -0.05) is 0 Å². The van der Waals surface area contributed by atoms with Gasteiger partial charge in [-0.05, 0) is 31.2 Å². The predicted molar refractivity (Wildman–Crippen MR) is 113 cm³/mol. The zero-order valence-electron chi connectivity index (χ0n) is 16.5. The van der Waals surface area contributed by atoms with E-state index in [0.717, 1.165) is 17.5 Å². The zero-order valence-corrected chi connectivity index (χ0v) is 16.5. The molecule has 1 fully saturated rings. The first-order chi connectivity index (χ1) is 14.5. The molecule has 3 rings (SSSR count). The molecule has 30 heavy (non-hydrogen) atoms. The fraction of sp³-hybridized carbons (Fsp3) is 0.300. The SMILES string of the molecule is C[C@H]1COCCN1c1cc(CO)nc(-c2ccc(NC(=O)NC(=N)/C=C\O)cc2)n1. The molecular weight excluding hydrogens is 388 g/mol. The first-order valence-corrected chi connectivity index (χ1v) is 9.41. The Kier molecular flexibility index (Phi) is 6.94. The van der Waals surface area contributed by atoms with E-state index in [1.807, 2.05) is 0 Å². The molecule has 1 atom stereocenters. The van der Waals surface area contributed by atoms with Gasteiger partial charge >= 0.3 is 6.03 Å². The van der Waals surface area contributed by atoms with Crippen molar-refractivity contribution in [3.8, 4) is 11.4 Å². The fourth-order valence-electron chi connectivity index (χ4n) is 3.01. The van der Waals surface area contributed by atoms with E-state index in [-0.39, 0.29) is 18.5 Å². The number of urea groups is 1. The van der Waals surface area contributed by atoms with Gasteiger partial charge in [0.25, 0.3) is 0 Å². The summed E-state index contributed by atoms with van der Waals surface area (Å²) in [5, 5.41) is 30.5. The number of nitrogens with one attached hydrogen (secondary N) is 3. The Labute approximate surface area is 173 Å². The molecule has 10 nitrogen and oxygen atoms in total. The number of aliphatic hydroxyl groups excluding tert-OH is 2. The smallest absolute Gasteiger partial charge is 0.324 e. The van der Waals surface area contributed by atoms with E-state index in [1.54, 1.807) is 30.3 Å². The highest BCUT2D eigenvalue weighted by atomic mass is 16.5. The summed E-state index contributed by atoms with van der Waals surface area (Å²) in [6, 6.07) is 8.24. The van der Waals surface area contributed by atoms with Crippen LogP contribution >= 0.6 is 0 Å². The number of nitrogens with zero attached hydrogens (tertiary/aromatic N) is 3. The lowest BCUT2D eigenvalue weighted by Gasteiger charge is -2.34. The summed E-state index contributed by atoms with van der Waals surface area (Å²) in [7, 11) is 0. The second-order valence-corrected chi connectivity index (χ2v) is 6.70. The van der Waals surface area contributed by atoms with Gasteiger partial charge in [0.2, 0.25) is 0 Å². The average molecular weight is 412 g/mol. The lowest BCUT2D eigenvalue weighted by Crippen LogP contribution is -2.44. The van der Waals surface area contributed by atoms with Crippen LogP contribution in [0.25, 0.3) is 11.4 Å². The number of aromatic nitrogens is 2. The second-order valence-electron chi connectivity index (χ2n) is 6.70. The van der Waals surface area contributed by atoms with E-state index >= 15 is 0 Å². The Morgan fingerprint density at radius 2 is 2.13 bits per heavy atom. The monoisotopic (exact) mass is 412 g/mol. The van der Waals surface area contributed by atoms with Crippen molar-refractivity contribution in [1.29, 1.82) is 5.41 Å². The summed E-state index contributed by atoms with van der Waals surface area (Å²) in [5.74, 6) is 0.962. The third-order valence-electron chi connectivity index (χ3n) is 4.48. The maximum Gasteiger partial charge on any atom is 0.324 e. The Bertz CT molecular complexity index is 931. The lowest BCUT2D eigenvalue weighted by atomic mass is 10.2. The molecule has 1 aliphatic rings. The van der Waals surface area contributed by atoms with Crippen LogP contribution in [0.2, 0.25) is 0 Å². The Hall–Kier alpha value is -3.50. The number of anilines is 2. The molecule has 1 aromatic carbocycles. The Balaban J connectivity index is 1.77. The standard InChI is InChI=1S/C20H24N6O4/c1-13-12-30-9-7-26(13)18-10-16(11-28)22-19(25-18)14-2-4-15(5-3-14)23-20(29)24-17(21)6-8-27/h2-6,8,10,13,27-28H,7,9,11-12H2,1H3,(H3,21,23,24,29)/b8-6-/t13-/m0/s1. The topological polar surface area (TPSA) is 144 Å². The van der Waals surface area contributed by atoms with Crippen LogP contribution in [0.5, 0.6) is 0 Å². The van der Waals surface area contributed by atoms with Crippen LogP contribution in [-0.4, -0.2) is 57.8 Å². The second kappa shape index (κ2) is 9.81. The van der Waals surface area contributed by atoms with E-state index in [2.05, 4.69) is 32.4 Å². The molecule has 2 heterocycles. The molecule has 1 aliphatic heterocycles. The first kappa shape index (κ1) is 21.2. The maximum atomic E-state index is 11.8. The number of carbonyl (C=O) groups is 1. The molecule has 0 unspecified atom stereocenters. The number of amidine groups is 1. The zero-order chi connectivity index (χ0) is 21.5. The molecule has 2 amide bonds. The number of hydrogen-bond donors (Lipinski definition) is 5. The normalized spacial score (nSPS) is 16.5. The van der Waals surface area contributed by atoms with Gasteiger partial charge in [-0.15, -0.1) is 0 Å². The van der Waals surface area contributed by atoms with Gasteiger partial charge in [-0.3, -0.25) is 10.7 Å². The summed E-state index contributed by atoms with van der Waals surface area (Å²) >= 11 is 0. The van der Waals surface area contributed by atoms with E-state index in [9.17, 15) is 9.90 Å². The highest BCUT2D eigenvalue weighted by Crippen LogP contribution is 2.24. The molecule has 0 saturated carbocycles. The molecule has 158 valence electrons. The van der Waals surface area contributed by atoms with Crippen molar-refractivity contribution >= 4 is 23.4 Å². The van der Waals surface area contributed by atoms with Crippen molar-refractivity contribution in [2.24, 2.45) is 0 Å². The molecule has 1 saturated heterocycles. The first-order valence-electron chi connectivity index (χ1n) is 9.41. The van der Waals surface area contributed by atoms with E-state index in [0.29, 0.717) is 43.2 Å². The van der Waals surface area contributed by atoms with Crippen molar-refractivity contribution in [3.63, 3.8) is 0 Å². The van der Waals surface area contributed by atoms with Crippen LogP contribution in [-0.2, 0) is 11.3 Å². The number of hydrogen-bond acceptors (Lipinski definition) is 8.